The molecule has 5 atom stereocenters. The number of benzene rings is 3. The van der Waals surface area contributed by atoms with E-state index in [0.29, 0.717) is 19.4 Å². The highest BCUT2D eigenvalue weighted by Gasteiger charge is 2.55. The quantitative estimate of drug-likeness (QED) is 0.0441. The molecule has 50 heavy (non-hydrogen) atoms. The predicted molar refractivity (Wildman–Crippen MR) is 214 cm³/mol. The summed E-state index contributed by atoms with van der Waals surface area (Å²) in [5, 5.41) is 14.5. The molecular formula is C44H60O4SSi. The van der Waals surface area contributed by atoms with Crippen LogP contribution in [0.15, 0.2) is 120 Å². The zero-order valence-electron chi connectivity index (χ0n) is 31.0. The highest BCUT2D eigenvalue weighted by atomic mass is 32.2. The summed E-state index contributed by atoms with van der Waals surface area (Å²) in [7, 11) is -2.87. The second kappa shape index (κ2) is 20.2. The summed E-state index contributed by atoms with van der Waals surface area (Å²) in [4.78, 5) is 13.1. The number of aliphatic hydroxyl groups excluding tert-OH is 1. The van der Waals surface area contributed by atoms with Crippen molar-refractivity contribution in [3.05, 3.63) is 115 Å². The monoisotopic (exact) mass is 712 g/mol. The fourth-order valence-corrected chi connectivity index (χ4v) is 13.6. The average molecular weight is 713 g/mol. The maximum Gasteiger partial charge on any atom is 0.305 e. The first-order valence-electron chi connectivity index (χ1n) is 18.9. The fourth-order valence-electron chi connectivity index (χ4n) is 7.53. The van der Waals surface area contributed by atoms with Gasteiger partial charge in [-0.15, -0.1) is 11.8 Å². The van der Waals surface area contributed by atoms with Gasteiger partial charge in [0.15, 0.2) is 0 Å². The molecule has 0 aromatic heterocycles. The second-order valence-electron chi connectivity index (χ2n) is 14.6. The molecule has 1 fully saturated rings. The zero-order chi connectivity index (χ0) is 35.8. The lowest BCUT2D eigenvalue weighted by molar-refractivity contribution is -0.143. The average Bonchev–Trinajstić information content (AvgIpc) is 3.42. The molecule has 270 valence electrons. The van der Waals surface area contributed by atoms with E-state index in [-0.39, 0.29) is 34.2 Å². The Hall–Kier alpha value is -2.90. The largest absolute Gasteiger partial charge is 0.466 e. The summed E-state index contributed by atoms with van der Waals surface area (Å²) in [6, 6.07) is 32.4. The van der Waals surface area contributed by atoms with Crippen LogP contribution in [0.3, 0.4) is 0 Å². The number of hydrogen-bond acceptors (Lipinski definition) is 5. The summed E-state index contributed by atoms with van der Waals surface area (Å²) in [5.74, 6) is -0.0218. The van der Waals surface area contributed by atoms with Gasteiger partial charge in [-0.25, -0.2) is 0 Å². The number of hydrogen-bond donors (Lipinski definition) is 1. The summed E-state index contributed by atoms with van der Waals surface area (Å²) in [5.41, 5.74) is 0. The van der Waals surface area contributed by atoms with Crippen molar-refractivity contribution in [2.24, 2.45) is 11.8 Å². The molecule has 3 aromatic rings. The Morgan fingerprint density at radius 1 is 0.860 bits per heavy atom. The third kappa shape index (κ3) is 10.8. The SMILES string of the molecule is CCCCC/C=C/[C@H](Sc1ccccc1)[C@@H]1[C@H](C/C=C\CCCC(=O)OCC)[C@@H](O)C[C@H]1O[Si](c1ccccc1)(c1ccccc1)C(C)(C)C. The maximum atomic E-state index is 12.0. The third-order valence-electron chi connectivity index (χ3n) is 9.96. The topological polar surface area (TPSA) is 55.8 Å². The summed E-state index contributed by atoms with van der Waals surface area (Å²) in [6.07, 6.45) is 16.6. The van der Waals surface area contributed by atoms with Crippen molar-refractivity contribution < 1.29 is 19.1 Å². The van der Waals surface area contributed by atoms with Crippen LogP contribution in [0.5, 0.6) is 0 Å². The van der Waals surface area contributed by atoms with Crippen LogP contribution in [0.1, 0.15) is 92.4 Å². The molecular weight excluding hydrogens is 653 g/mol. The molecule has 0 saturated heterocycles. The number of carbonyl (C=O) groups is 1. The van der Waals surface area contributed by atoms with Gasteiger partial charge in [0.2, 0.25) is 0 Å². The lowest BCUT2D eigenvalue weighted by Gasteiger charge is -2.46. The van der Waals surface area contributed by atoms with Gasteiger partial charge in [-0.05, 0) is 78.9 Å². The van der Waals surface area contributed by atoms with Crippen LogP contribution in [0.4, 0.5) is 0 Å². The Labute approximate surface area is 307 Å². The highest BCUT2D eigenvalue weighted by molar-refractivity contribution is 8.00. The van der Waals surface area contributed by atoms with Gasteiger partial charge >= 0.3 is 5.97 Å². The Morgan fingerprint density at radius 3 is 2.04 bits per heavy atom. The molecule has 6 heteroatoms. The first-order valence-corrected chi connectivity index (χ1v) is 21.7. The fraction of sp³-hybridized carbons (Fsp3) is 0.477. The van der Waals surface area contributed by atoms with Crippen molar-refractivity contribution in [2.45, 2.75) is 120 Å². The number of allylic oxidation sites excluding steroid dienone is 3. The van der Waals surface area contributed by atoms with E-state index in [1.807, 2.05) is 18.7 Å². The number of rotatable bonds is 19. The van der Waals surface area contributed by atoms with Crippen molar-refractivity contribution in [1.29, 1.82) is 0 Å². The molecule has 0 spiro atoms. The summed E-state index contributed by atoms with van der Waals surface area (Å²) >= 11 is 1.90. The van der Waals surface area contributed by atoms with Gasteiger partial charge < -0.3 is 14.3 Å². The molecule has 1 aliphatic rings. The van der Waals surface area contributed by atoms with Gasteiger partial charge in [-0.2, -0.15) is 0 Å². The minimum atomic E-state index is -2.87. The Bertz CT molecular complexity index is 1410. The smallest absolute Gasteiger partial charge is 0.305 e. The van der Waals surface area contributed by atoms with E-state index in [2.05, 4.69) is 143 Å². The Kier molecular flexibility index (Phi) is 16.1. The van der Waals surface area contributed by atoms with E-state index in [0.717, 1.165) is 25.7 Å². The molecule has 4 rings (SSSR count). The maximum absolute atomic E-state index is 12.0. The number of carbonyl (C=O) groups excluding carboxylic acids is 1. The molecule has 0 unspecified atom stereocenters. The number of esters is 1. The molecule has 0 bridgehead atoms. The number of ether oxygens (including phenoxy) is 1. The van der Waals surface area contributed by atoms with E-state index in [9.17, 15) is 9.90 Å². The van der Waals surface area contributed by atoms with E-state index in [4.69, 9.17) is 9.16 Å². The third-order valence-corrected chi connectivity index (χ3v) is 16.3. The highest BCUT2D eigenvalue weighted by Crippen LogP contribution is 2.48. The number of thioether (sulfide) groups is 1. The standard InChI is InChI=1S/C44H60O4SSi/c1-6-8-9-10-23-32-41(49-35-25-16-13-17-26-35)43-38(31-22-11-12-24-33-42(46)47-7-2)39(45)34-40(43)48-50(44(3,4)5,36-27-18-14-19-28-36)37-29-20-15-21-30-37/h11,13-23,25-30,32,38-41,43,45H,6-10,12,24,31,33-34H2,1-5H3/b22-11-,32-23+/t38-,39+,40-,41+,43-/m1/s1. The van der Waals surface area contributed by atoms with Crippen LogP contribution in [0.25, 0.3) is 0 Å². The van der Waals surface area contributed by atoms with Crippen LogP contribution in [0, 0.1) is 11.8 Å². The van der Waals surface area contributed by atoms with Crippen LogP contribution in [0.2, 0.25) is 5.04 Å². The Balaban J connectivity index is 1.75. The van der Waals surface area contributed by atoms with Crippen molar-refractivity contribution in [3.63, 3.8) is 0 Å². The van der Waals surface area contributed by atoms with Crippen molar-refractivity contribution in [3.8, 4) is 0 Å². The van der Waals surface area contributed by atoms with Gasteiger partial charge in [-0.3, -0.25) is 4.79 Å². The van der Waals surface area contributed by atoms with E-state index in [1.165, 1.54) is 34.5 Å². The lowest BCUT2D eigenvalue weighted by atomic mass is 9.87. The Morgan fingerprint density at radius 2 is 1.46 bits per heavy atom. The number of unbranched alkanes of at least 4 members (excludes halogenated alkanes) is 4. The van der Waals surface area contributed by atoms with E-state index < -0.39 is 14.4 Å². The summed E-state index contributed by atoms with van der Waals surface area (Å²) < 4.78 is 13.0. The van der Waals surface area contributed by atoms with Gasteiger partial charge in [0.25, 0.3) is 8.32 Å². The molecule has 4 nitrogen and oxygen atoms in total. The molecule has 1 N–H and O–H groups in total. The molecule has 0 aliphatic heterocycles. The molecule has 1 saturated carbocycles. The van der Waals surface area contributed by atoms with E-state index in [1.54, 1.807) is 0 Å². The van der Waals surface area contributed by atoms with Crippen LogP contribution in [-0.2, 0) is 14.0 Å². The van der Waals surface area contributed by atoms with Crippen LogP contribution < -0.4 is 10.4 Å². The van der Waals surface area contributed by atoms with Gasteiger partial charge in [0.05, 0.1) is 18.8 Å². The van der Waals surface area contributed by atoms with Crippen molar-refractivity contribution in [2.75, 3.05) is 6.61 Å². The first kappa shape index (κ1) is 39.9. The van der Waals surface area contributed by atoms with Gasteiger partial charge in [0.1, 0.15) is 0 Å². The van der Waals surface area contributed by atoms with Crippen molar-refractivity contribution >= 4 is 36.4 Å². The molecule has 3 aromatic carbocycles. The van der Waals surface area contributed by atoms with Crippen LogP contribution >= 0.6 is 11.8 Å². The number of aliphatic hydroxyl groups is 1. The molecule has 0 amide bonds. The van der Waals surface area contributed by atoms with Crippen LogP contribution in [-0.4, -0.2) is 43.5 Å². The van der Waals surface area contributed by atoms with Gasteiger partial charge in [-0.1, -0.05) is 144 Å². The molecule has 1 aliphatic carbocycles. The van der Waals surface area contributed by atoms with Crippen molar-refractivity contribution in [1.82, 2.24) is 0 Å². The minimum absolute atomic E-state index is 0.0287. The molecule has 0 heterocycles. The first-order chi connectivity index (χ1) is 24.2. The minimum Gasteiger partial charge on any atom is -0.466 e. The zero-order valence-corrected chi connectivity index (χ0v) is 32.8. The lowest BCUT2D eigenvalue weighted by Crippen LogP contribution is -2.68. The van der Waals surface area contributed by atoms with E-state index >= 15 is 0 Å². The predicted octanol–water partition coefficient (Wildman–Crippen LogP) is 9.91. The second-order valence-corrected chi connectivity index (χ2v) is 20.1. The normalized spacial score (nSPS) is 20.4. The van der Waals surface area contributed by atoms with Gasteiger partial charge in [0, 0.05) is 22.5 Å². The molecule has 0 radical (unpaired) electrons. The summed E-state index contributed by atoms with van der Waals surface area (Å²) in [6.45, 7) is 11.5.